The van der Waals surface area contributed by atoms with Gasteiger partial charge in [-0.25, -0.2) is 0 Å². The van der Waals surface area contributed by atoms with Gasteiger partial charge in [-0.2, -0.15) is 0 Å². The zero-order valence-corrected chi connectivity index (χ0v) is 12.6. The molecule has 1 aliphatic rings. The lowest BCUT2D eigenvalue weighted by Gasteiger charge is -2.20. The molecule has 106 valence electrons. The van der Waals surface area contributed by atoms with E-state index in [4.69, 9.17) is 11.6 Å². The zero-order chi connectivity index (χ0) is 13.8. The van der Waals surface area contributed by atoms with Crippen LogP contribution in [0.3, 0.4) is 0 Å². The first-order valence-electron chi connectivity index (χ1n) is 7.31. The predicted molar refractivity (Wildman–Crippen MR) is 81.9 cm³/mol. The van der Waals surface area contributed by atoms with Crippen molar-refractivity contribution >= 4 is 17.3 Å². The van der Waals surface area contributed by atoms with Gasteiger partial charge in [-0.05, 0) is 49.3 Å². The highest BCUT2D eigenvalue weighted by Gasteiger charge is 2.20. The molecule has 0 amide bonds. The lowest BCUT2D eigenvalue weighted by Crippen LogP contribution is -2.18. The lowest BCUT2D eigenvalue weighted by atomic mass is 9.89. The van der Waals surface area contributed by atoms with E-state index in [-0.39, 0.29) is 5.75 Å². The number of aromatic hydroxyl groups is 1. The van der Waals surface area contributed by atoms with E-state index in [0.29, 0.717) is 11.1 Å². The maximum Gasteiger partial charge on any atom is 0.134 e. The Morgan fingerprint density at radius 1 is 1.21 bits per heavy atom. The maximum absolute atomic E-state index is 9.43. The highest BCUT2D eigenvalue weighted by molar-refractivity contribution is 6.32. The summed E-state index contributed by atoms with van der Waals surface area (Å²) >= 11 is 5.94. The molecule has 0 heterocycles. The van der Waals surface area contributed by atoms with Crippen LogP contribution in [0.25, 0.3) is 0 Å². The van der Waals surface area contributed by atoms with Gasteiger partial charge in [0.25, 0.3) is 0 Å². The van der Waals surface area contributed by atoms with Gasteiger partial charge < -0.3 is 10.4 Å². The topological polar surface area (TPSA) is 32.3 Å². The molecule has 0 spiro atoms. The molecule has 0 aliphatic heterocycles. The molecule has 2 atom stereocenters. The fourth-order valence-electron chi connectivity index (χ4n) is 2.97. The Labute approximate surface area is 121 Å². The summed E-state index contributed by atoms with van der Waals surface area (Å²) in [5.41, 5.74) is 1.01. The van der Waals surface area contributed by atoms with Gasteiger partial charge in [0.15, 0.2) is 0 Å². The van der Waals surface area contributed by atoms with E-state index in [1.165, 1.54) is 32.1 Å². The first-order valence-corrected chi connectivity index (χ1v) is 7.69. The summed E-state index contributed by atoms with van der Waals surface area (Å²) in [7, 11) is 0. The predicted octanol–water partition coefficient (Wildman–Crippen LogP) is 5.06. The number of phenolic OH excluding ortho intramolecular Hbond substituents is 1. The summed E-state index contributed by atoms with van der Waals surface area (Å²) in [5.74, 6) is 1.81. The van der Waals surface area contributed by atoms with E-state index in [1.54, 1.807) is 6.07 Å². The summed E-state index contributed by atoms with van der Waals surface area (Å²) in [4.78, 5) is 0. The molecule has 1 fully saturated rings. The van der Waals surface area contributed by atoms with Gasteiger partial charge in [-0.3, -0.25) is 0 Å². The number of rotatable bonds is 3. The second-order valence-corrected chi connectivity index (χ2v) is 6.43. The Bertz CT molecular complexity index is 419. The average Bonchev–Trinajstić information content (AvgIpc) is 2.59. The van der Waals surface area contributed by atoms with Crippen LogP contribution in [-0.2, 0) is 0 Å². The minimum Gasteiger partial charge on any atom is -0.506 e. The van der Waals surface area contributed by atoms with Crippen molar-refractivity contribution in [3.05, 3.63) is 23.2 Å². The van der Waals surface area contributed by atoms with Crippen molar-refractivity contribution in [3.8, 4) is 5.75 Å². The van der Waals surface area contributed by atoms with Crippen molar-refractivity contribution < 1.29 is 5.11 Å². The van der Waals surface area contributed by atoms with Gasteiger partial charge in [-0.15, -0.1) is 0 Å². The zero-order valence-electron chi connectivity index (χ0n) is 11.8. The van der Waals surface area contributed by atoms with Gasteiger partial charge in [0, 0.05) is 11.7 Å². The standard InChI is InChI=1S/C16H24ClNO/c1-11(2)12-4-3-5-13(7-6-12)18-14-8-9-16(19)15(17)10-14/h8-13,18-19H,3-7H2,1-2H3. The van der Waals surface area contributed by atoms with Crippen molar-refractivity contribution in [1.29, 1.82) is 0 Å². The molecule has 2 rings (SSSR count). The molecule has 1 aromatic carbocycles. The number of hydrogen-bond acceptors (Lipinski definition) is 2. The number of halogens is 1. The van der Waals surface area contributed by atoms with E-state index >= 15 is 0 Å². The van der Waals surface area contributed by atoms with Crippen molar-refractivity contribution in [2.75, 3.05) is 5.32 Å². The third-order valence-electron chi connectivity index (χ3n) is 4.27. The molecular formula is C16H24ClNO. The normalized spacial score (nSPS) is 24.2. The molecule has 0 bridgehead atoms. The lowest BCUT2D eigenvalue weighted by molar-refractivity contribution is 0.341. The van der Waals surface area contributed by atoms with Crippen molar-refractivity contribution in [3.63, 3.8) is 0 Å². The SMILES string of the molecule is CC(C)C1CCCC(Nc2ccc(O)c(Cl)c2)CC1. The fraction of sp³-hybridized carbons (Fsp3) is 0.625. The first kappa shape index (κ1) is 14.5. The molecule has 1 saturated carbocycles. The van der Waals surface area contributed by atoms with Crippen LogP contribution in [0.15, 0.2) is 18.2 Å². The van der Waals surface area contributed by atoms with Crippen molar-refractivity contribution in [2.24, 2.45) is 11.8 Å². The molecule has 2 unspecified atom stereocenters. The number of benzene rings is 1. The fourth-order valence-corrected chi connectivity index (χ4v) is 3.15. The monoisotopic (exact) mass is 281 g/mol. The molecule has 0 aromatic heterocycles. The number of phenols is 1. The third-order valence-corrected chi connectivity index (χ3v) is 4.58. The molecule has 2 N–H and O–H groups in total. The van der Waals surface area contributed by atoms with Gasteiger partial charge in [0.05, 0.1) is 5.02 Å². The highest BCUT2D eigenvalue weighted by atomic mass is 35.5. The minimum atomic E-state index is 0.146. The Morgan fingerprint density at radius 3 is 2.68 bits per heavy atom. The van der Waals surface area contributed by atoms with Crippen LogP contribution in [0.4, 0.5) is 5.69 Å². The Morgan fingerprint density at radius 2 is 2.00 bits per heavy atom. The van der Waals surface area contributed by atoms with Gasteiger partial charge in [-0.1, -0.05) is 38.3 Å². The van der Waals surface area contributed by atoms with E-state index in [2.05, 4.69) is 19.2 Å². The van der Waals surface area contributed by atoms with Crippen LogP contribution in [-0.4, -0.2) is 11.1 Å². The van der Waals surface area contributed by atoms with E-state index in [0.717, 1.165) is 17.5 Å². The summed E-state index contributed by atoms with van der Waals surface area (Å²) in [6.07, 6.45) is 6.41. The van der Waals surface area contributed by atoms with Crippen LogP contribution >= 0.6 is 11.6 Å². The van der Waals surface area contributed by atoms with Crippen LogP contribution in [0.1, 0.15) is 46.0 Å². The first-order chi connectivity index (χ1) is 9.06. The summed E-state index contributed by atoms with van der Waals surface area (Å²) in [6.45, 7) is 4.66. The summed E-state index contributed by atoms with van der Waals surface area (Å²) < 4.78 is 0. The van der Waals surface area contributed by atoms with Crippen LogP contribution in [0, 0.1) is 11.8 Å². The summed E-state index contributed by atoms with van der Waals surface area (Å²) in [5, 5.41) is 13.4. The highest BCUT2D eigenvalue weighted by Crippen LogP contribution is 2.31. The number of nitrogens with one attached hydrogen (secondary N) is 1. The molecule has 0 saturated heterocycles. The Kier molecular flexibility index (Phi) is 4.98. The van der Waals surface area contributed by atoms with Gasteiger partial charge >= 0.3 is 0 Å². The number of hydrogen-bond donors (Lipinski definition) is 2. The quantitative estimate of drug-likeness (QED) is 0.599. The summed E-state index contributed by atoms with van der Waals surface area (Å²) in [6, 6.07) is 5.89. The number of anilines is 1. The molecule has 19 heavy (non-hydrogen) atoms. The molecule has 1 aromatic rings. The van der Waals surface area contributed by atoms with Crippen molar-refractivity contribution in [2.45, 2.75) is 52.0 Å². The molecule has 3 heteroatoms. The van der Waals surface area contributed by atoms with Crippen LogP contribution in [0.5, 0.6) is 5.75 Å². The van der Waals surface area contributed by atoms with E-state index in [1.807, 2.05) is 12.1 Å². The molecular weight excluding hydrogens is 258 g/mol. The van der Waals surface area contributed by atoms with Crippen molar-refractivity contribution in [1.82, 2.24) is 0 Å². The van der Waals surface area contributed by atoms with Crippen LogP contribution < -0.4 is 5.32 Å². The average molecular weight is 282 g/mol. The Balaban J connectivity index is 1.94. The smallest absolute Gasteiger partial charge is 0.134 e. The van der Waals surface area contributed by atoms with E-state index in [9.17, 15) is 5.11 Å². The third kappa shape index (κ3) is 4.04. The second-order valence-electron chi connectivity index (χ2n) is 6.02. The van der Waals surface area contributed by atoms with Crippen LogP contribution in [0.2, 0.25) is 5.02 Å². The Hall–Kier alpha value is -0.890. The van der Waals surface area contributed by atoms with Gasteiger partial charge in [0.1, 0.15) is 5.75 Å². The molecule has 2 nitrogen and oxygen atoms in total. The minimum absolute atomic E-state index is 0.146. The van der Waals surface area contributed by atoms with Gasteiger partial charge in [0.2, 0.25) is 0 Å². The largest absolute Gasteiger partial charge is 0.506 e. The maximum atomic E-state index is 9.43. The molecule has 1 aliphatic carbocycles. The second kappa shape index (κ2) is 6.51. The van der Waals surface area contributed by atoms with E-state index < -0.39 is 0 Å². The molecule has 0 radical (unpaired) electrons.